The van der Waals surface area contributed by atoms with Gasteiger partial charge in [0.05, 0.1) is 14.5 Å². The number of aromatic hydroxyl groups is 1. The molecule has 3 aromatic rings. The van der Waals surface area contributed by atoms with Gasteiger partial charge in [0.25, 0.3) is 0 Å². The molecule has 0 unspecified atom stereocenters. The van der Waals surface area contributed by atoms with Crippen molar-refractivity contribution in [2.75, 3.05) is 0 Å². The van der Waals surface area contributed by atoms with Crippen LogP contribution in [0.3, 0.4) is 0 Å². The fourth-order valence-corrected chi connectivity index (χ4v) is 6.22. The van der Waals surface area contributed by atoms with E-state index in [2.05, 4.69) is 63.7 Å². The van der Waals surface area contributed by atoms with Crippen LogP contribution < -0.4 is 10.2 Å². The van der Waals surface area contributed by atoms with Crippen molar-refractivity contribution in [1.82, 2.24) is 0 Å². The molecule has 3 aromatic carbocycles. The molecule has 0 saturated carbocycles. The van der Waals surface area contributed by atoms with Crippen molar-refractivity contribution in [1.29, 1.82) is 0 Å². The number of rotatable bonds is 3. The molecule has 9 heteroatoms. The van der Waals surface area contributed by atoms with E-state index < -0.39 is 5.97 Å². The van der Waals surface area contributed by atoms with Gasteiger partial charge in [-0.1, -0.05) is 36.4 Å². The highest BCUT2D eigenvalue weighted by atomic mass is 79.9. The number of hydrogen-bond donors (Lipinski definition) is 1. The fourth-order valence-electron chi connectivity index (χ4n) is 3.81. The maximum Gasteiger partial charge on any atom is 0.344 e. The zero-order chi connectivity index (χ0) is 24.9. The van der Waals surface area contributed by atoms with E-state index in [1.807, 2.05) is 12.1 Å². The second-order valence-corrected chi connectivity index (χ2v) is 10.8. The summed E-state index contributed by atoms with van der Waals surface area (Å²) in [5.41, 5.74) is 2.12. The number of benzene rings is 4. The summed E-state index contributed by atoms with van der Waals surface area (Å²) in [5.74, 6) is 0.0969. The van der Waals surface area contributed by atoms with Gasteiger partial charge >= 0.3 is 5.97 Å². The van der Waals surface area contributed by atoms with E-state index in [1.165, 1.54) is 0 Å². The average molecular weight is 724 g/mol. The highest BCUT2D eigenvalue weighted by molar-refractivity contribution is 9.11. The van der Waals surface area contributed by atoms with E-state index in [-0.39, 0.29) is 21.4 Å². The SMILES string of the molecule is O=C(Oc1ccccc1)c1ccccc1-c1c2cc(Br)c(=O)c(Br)c-2oc2c(Br)c(O)c(Br)cc12. The summed E-state index contributed by atoms with van der Waals surface area (Å²) in [4.78, 5) is 25.9. The number of carbonyl (C=O) groups is 1. The molecule has 1 aliphatic carbocycles. The van der Waals surface area contributed by atoms with E-state index in [1.54, 1.807) is 54.6 Å². The molecule has 0 aromatic heterocycles. The quantitative estimate of drug-likeness (QED) is 0.115. The largest absolute Gasteiger partial charge is 0.505 e. The molecule has 2 aliphatic rings. The normalized spacial score (nSPS) is 11.2. The first-order valence-corrected chi connectivity index (χ1v) is 13.3. The molecule has 0 radical (unpaired) electrons. The van der Waals surface area contributed by atoms with E-state index in [0.717, 1.165) is 0 Å². The third-order valence-electron chi connectivity index (χ3n) is 5.39. The van der Waals surface area contributed by atoms with Crippen LogP contribution in [-0.4, -0.2) is 11.1 Å². The standard InChI is InChI=1S/C26H12Br4O5/c27-17-10-15-19(13-8-4-5-9-14(13)26(33)34-12-6-2-1-3-7-12)16-11-18(28)23(32)21(30)25(16)35-24(15)20(29)22(17)31/h1-11,31H. The molecule has 1 heterocycles. The van der Waals surface area contributed by atoms with Crippen molar-refractivity contribution in [2.24, 2.45) is 0 Å². The number of phenolic OH excluding ortho intramolecular Hbond substituents is 1. The summed E-state index contributed by atoms with van der Waals surface area (Å²) < 4.78 is 13.0. The minimum Gasteiger partial charge on any atom is -0.505 e. The highest BCUT2D eigenvalue weighted by Gasteiger charge is 2.27. The molecule has 35 heavy (non-hydrogen) atoms. The van der Waals surface area contributed by atoms with E-state index in [4.69, 9.17) is 9.15 Å². The van der Waals surface area contributed by atoms with Gasteiger partial charge < -0.3 is 14.3 Å². The summed E-state index contributed by atoms with van der Waals surface area (Å²) >= 11 is 13.5. The Hall–Kier alpha value is -2.46. The van der Waals surface area contributed by atoms with Gasteiger partial charge in [-0.2, -0.15) is 0 Å². The molecule has 0 saturated heterocycles. The van der Waals surface area contributed by atoms with Gasteiger partial charge in [0, 0.05) is 16.5 Å². The predicted octanol–water partition coefficient (Wildman–Crippen LogP) is 8.54. The smallest absolute Gasteiger partial charge is 0.344 e. The Morgan fingerprint density at radius 3 is 2.26 bits per heavy atom. The van der Waals surface area contributed by atoms with Crippen LogP contribution in [0.2, 0.25) is 0 Å². The van der Waals surface area contributed by atoms with Crippen molar-refractivity contribution < 1.29 is 19.1 Å². The Kier molecular flexibility index (Phi) is 6.61. The van der Waals surface area contributed by atoms with Crippen LogP contribution in [0, 0.1) is 0 Å². The first-order chi connectivity index (χ1) is 16.8. The Morgan fingerprint density at radius 1 is 0.829 bits per heavy atom. The molecule has 0 atom stereocenters. The lowest BCUT2D eigenvalue weighted by atomic mass is 9.91. The minimum atomic E-state index is -0.538. The summed E-state index contributed by atoms with van der Waals surface area (Å²) in [6, 6.07) is 19.2. The maximum atomic E-state index is 13.3. The first-order valence-electron chi connectivity index (χ1n) is 10.1. The van der Waals surface area contributed by atoms with Crippen LogP contribution in [0.4, 0.5) is 0 Å². The number of halogens is 4. The number of para-hydroxylation sites is 1. The Morgan fingerprint density at radius 2 is 1.51 bits per heavy atom. The van der Waals surface area contributed by atoms with E-state index >= 15 is 0 Å². The second-order valence-electron chi connectivity index (χ2n) is 7.50. The maximum absolute atomic E-state index is 13.3. The van der Waals surface area contributed by atoms with Gasteiger partial charge in [-0.05, 0) is 99.6 Å². The summed E-state index contributed by atoms with van der Waals surface area (Å²) in [6.07, 6.45) is 0. The predicted molar refractivity (Wildman–Crippen MR) is 148 cm³/mol. The number of hydrogen-bond acceptors (Lipinski definition) is 5. The zero-order valence-corrected chi connectivity index (χ0v) is 23.8. The van der Waals surface area contributed by atoms with Crippen molar-refractivity contribution in [3.8, 4) is 33.9 Å². The second kappa shape index (κ2) is 9.54. The van der Waals surface area contributed by atoms with E-state index in [9.17, 15) is 14.7 Å². The zero-order valence-electron chi connectivity index (χ0n) is 17.4. The molecule has 0 bridgehead atoms. The third kappa shape index (κ3) is 4.24. The molecular weight excluding hydrogens is 712 g/mol. The summed E-state index contributed by atoms with van der Waals surface area (Å²) in [7, 11) is 0. The van der Waals surface area contributed by atoms with E-state index in [0.29, 0.717) is 52.4 Å². The van der Waals surface area contributed by atoms with Gasteiger partial charge in [0.2, 0.25) is 5.43 Å². The lowest BCUT2D eigenvalue weighted by molar-refractivity contribution is 0.0735. The van der Waals surface area contributed by atoms with Crippen LogP contribution >= 0.6 is 63.7 Å². The van der Waals surface area contributed by atoms with Crippen LogP contribution in [0.15, 0.2) is 93.8 Å². The van der Waals surface area contributed by atoms with Crippen LogP contribution in [0.25, 0.3) is 33.4 Å². The molecule has 174 valence electrons. The Labute approximate surface area is 232 Å². The molecule has 5 nitrogen and oxygen atoms in total. The summed E-state index contributed by atoms with van der Waals surface area (Å²) in [5, 5.41) is 11.1. The highest BCUT2D eigenvalue weighted by Crippen LogP contribution is 2.49. The Bertz CT molecular complexity index is 1660. The van der Waals surface area contributed by atoms with Gasteiger partial charge in [0.1, 0.15) is 20.4 Å². The molecule has 0 amide bonds. The molecule has 0 fully saturated rings. The third-order valence-corrected chi connectivity index (χ3v) is 8.04. The fraction of sp³-hybridized carbons (Fsp3) is 0. The van der Waals surface area contributed by atoms with Crippen LogP contribution in [-0.2, 0) is 0 Å². The summed E-state index contributed by atoms with van der Waals surface area (Å²) in [6.45, 7) is 0. The van der Waals surface area contributed by atoms with Gasteiger partial charge in [0.15, 0.2) is 11.3 Å². The van der Waals surface area contributed by atoms with Crippen molar-refractivity contribution in [2.45, 2.75) is 0 Å². The minimum absolute atomic E-state index is 0.0566. The molecule has 1 aliphatic heterocycles. The number of carbonyl (C=O) groups excluding carboxylic acids is 1. The lowest BCUT2D eigenvalue weighted by Crippen LogP contribution is -2.11. The van der Waals surface area contributed by atoms with Gasteiger partial charge in [-0.25, -0.2) is 4.79 Å². The van der Waals surface area contributed by atoms with Crippen molar-refractivity contribution in [3.63, 3.8) is 0 Å². The van der Waals surface area contributed by atoms with Crippen LogP contribution in [0.5, 0.6) is 11.5 Å². The average Bonchev–Trinajstić information content (AvgIpc) is 2.86. The molecule has 0 spiro atoms. The van der Waals surface area contributed by atoms with Crippen LogP contribution in [0.1, 0.15) is 10.4 Å². The Balaban J connectivity index is 1.87. The van der Waals surface area contributed by atoms with Gasteiger partial charge in [-0.15, -0.1) is 0 Å². The number of fused-ring (bicyclic) bond motifs is 2. The van der Waals surface area contributed by atoms with Crippen molar-refractivity contribution in [3.05, 3.63) is 100 Å². The first kappa shape index (κ1) is 24.2. The van der Waals surface area contributed by atoms with Gasteiger partial charge in [-0.3, -0.25) is 4.79 Å². The molecule has 1 N–H and O–H groups in total. The lowest BCUT2D eigenvalue weighted by Gasteiger charge is -2.19. The molecular formula is C26H12Br4O5. The number of esters is 1. The number of ether oxygens (including phenoxy) is 1. The topological polar surface area (TPSA) is 76.7 Å². The molecule has 5 rings (SSSR count). The monoisotopic (exact) mass is 720 g/mol. The number of phenols is 1. The van der Waals surface area contributed by atoms with Crippen molar-refractivity contribution >= 4 is 80.7 Å².